The Balaban J connectivity index is 1.61. The number of fused-ring (bicyclic) bond motifs is 1. The molecule has 1 N–H and O–H groups in total. The maximum absolute atomic E-state index is 12.8. The molecule has 0 radical (unpaired) electrons. The van der Waals surface area contributed by atoms with Crippen LogP contribution in [0.15, 0.2) is 23.3 Å². The molecule has 0 spiro atoms. The van der Waals surface area contributed by atoms with Crippen molar-refractivity contribution >= 4 is 33.3 Å². The van der Waals surface area contributed by atoms with E-state index in [0.29, 0.717) is 46.4 Å². The smallest absolute Gasteiger partial charge is 0.261 e. The maximum Gasteiger partial charge on any atom is 0.261 e. The standard InChI is InChI=1S/C20H25N5O4S/c1-12(2)8-18-23-24-20(30-18)22-17(26)6-5-7-25-11-21-14-10-16(29-4)15(28-3)9-13(14)19(25)27/h9-12H,5-8H2,1-4H3,(H,22,24,26). The lowest BCUT2D eigenvalue weighted by Gasteiger charge is -2.10. The molecule has 0 bridgehead atoms. The number of anilines is 1. The minimum Gasteiger partial charge on any atom is -0.493 e. The number of aromatic nitrogens is 4. The van der Waals surface area contributed by atoms with Gasteiger partial charge in [0.15, 0.2) is 11.5 Å². The second-order valence-corrected chi connectivity index (χ2v) is 8.28. The monoisotopic (exact) mass is 431 g/mol. The predicted octanol–water partition coefficient (Wildman–Crippen LogP) is 2.88. The van der Waals surface area contributed by atoms with Crippen molar-refractivity contribution < 1.29 is 14.3 Å². The molecule has 10 heteroatoms. The molecule has 1 amide bonds. The highest BCUT2D eigenvalue weighted by Gasteiger charge is 2.12. The highest BCUT2D eigenvalue weighted by Crippen LogP contribution is 2.29. The maximum atomic E-state index is 12.8. The summed E-state index contributed by atoms with van der Waals surface area (Å²) in [7, 11) is 3.05. The average Bonchev–Trinajstić information content (AvgIpc) is 3.14. The van der Waals surface area contributed by atoms with Crippen molar-refractivity contribution in [1.82, 2.24) is 19.7 Å². The number of methoxy groups -OCH3 is 2. The van der Waals surface area contributed by atoms with Crippen molar-refractivity contribution in [3.8, 4) is 11.5 Å². The fourth-order valence-electron chi connectivity index (χ4n) is 2.97. The SMILES string of the molecule is COc1cc2ncn(CCCC(=O)Nc3nnc(CC(C)C)s3)c(=O)c2cc1OC. The number of hydrogen-bond donors (Lipinski definition) is 1. The van der Waals surface area contributed by atoms with Crippen LogP contribution in [0.3, 0.4) is 0 Å². The van der Waals surface area contributed by atoms with Crippen molar-refractivity contribution in [3.05, 3.63) is 33.8 Å². The van der Waals surface area contributed by atoms with E-state index in [1.807, 2.05) is 0 Å². The summed E-state index contributed by atoms with van der Waals surface area (Å²) < 4.78 is 12.0. The van der Waals surface area contributed by atoms with Crippen LogP contribution in [0.2, 0.25) is 0 Å². The summed E-state index contributed by atoms with van der Waals surface area (Å²) in [6.07, 6.45) is 3.07. The van der Waals surface area contributed by atoms with Gasteiger partial charge in [-0.05, 0) is 18.4 Å². The number of nitrogens with zero attached hydrogens (tertiary/aromatic N) is 4. The Bertz CT molecular complexity index is 1090. The summed E-state index contributed by atoms with van der Waals surface area (Å²) in [5, 5.41) is 12.7. The summed E-state index contributed by atoms with van der Waals surface area (Å²) in [6.45, 7) is 4.59. The Morgan fingerprint density at radius 2 is 1.93 bits per heavy atom. The van der Waals surface area contributed by atoms with E-state index >= 15 is 0 Å². The summed E-state index contributed by atoms with van der Waals surface area (Å²) in [6, 6.07) is 3.29. The van der Waals surface area contributed by atoms with Crippen LogP contribution in [0, 0.1) is 5.92 Å². The van der Waals surface area contributed by atoms with Crippen LogP contribution in [0.4, 0.5) is 5.13 Å². The Morgan fingerprint density at radius 3 is 2.63 bits per heavy atom. The molecule has 9 nitrogen and oxygen atoms in total. The molecule has 30 heavy (non-hydrogen) atoms. The topological polar surface area (TPSA) is 108 Å². The summed E-state index contributed by atoms with van der Waals surface area (Å²) >= 11 is 1.39. The summed E-state index contributed by atoms with van der Waals surface area (Å²) in [5.41, 5.74) is 0.337. The lowest BCUT2D eigenvalue weighted by molar-refractivity contribution is -0.116. The lowest BCUT2D eigenvalue weighted by atomic mass is 10.1. The van der Waals surface area contributed by atoms with Gasteiger partial charge in [-0.2, -0.15) is 0 Å². The lowest BCUT2D eigenvalue weighted by Crippen LogP contribution is -2.22. The van der Waals surface area contributed by atoms with Gasteiger partial charge >= 0.3 is 0 Å². The van der Waals surface area contributed by atoms with Crippen LogP contribution in [0.5, 0.6) is 11.5 Å². The minimum atomic E-state index is -0.191. The van der Waals surface area contributed by atoms with Crippen LogP contribution in [-0.4, -0.2) is 39.9 Å². The predicted molar refractivity (Wildman–Crippen MR) is 115 cm³/mol. The van der Waals surface area contributed by atoms with Gasteiger partial charge in [0.1, 0.15) is 5.01 Å². The molecule has 0 aliphatic heterocycles. The first-order chi connectivity index (χ1) is 14.4. The van der Waals surface area contributed by atoms with Crippen molar-refractivity contribution in [1.29, 1.82) is 0 Å². The van der Waals surface area contributed by atoms with Crippen molar-refractivity contribution in [2.75, 3.05) is 19.5 Å². The number of amides is 1. The van der Waals surface area contributed by atoms with E-state index in [9.17, 15) is 9.59 Å². The highest BCUT2D eigenvalue weighted by molar-refractivity contribution is 7.15. The molecule has 0 saturated carbocycles. The third-order valence-corrected chi connectivity index (χ3v) is 5.29. The molecule has 0 aliphatic rings. The molecule has 0 saturated heterocycles. The van der Waals surface area contributed by atoms with Crippen molar-refractivity contribution in [2.24, 2.45) is 5.92 Å². The van der Waals surface area contributed by atoms with Gasteiger partial charge < -0.3 is 14.8 Å². The zero-order valence-corrected chi connectivity index (χ0v) is 18.3. The first-order valence-corrected chi connectivity index (χ1v) is 10.5. The number of nitrogens with one attached hydrogen (secondary N) is 1. The average molecular weight is 432 g/mol. The number of ether oxygens (including phenoxy) is 2. The number of carbonyl (C=O) groups excluding carboxylic acids is 1. The Labute approximate surface area is 178 Å². The second kappa shape index (κ2) is 9.66. The largest absolute Gasteiger partial charge is 0.493 e. The molecule has 3 aromatic rings. The van der Waals surface area contributed by atoms with E-state index in [2.05, 4.69) is 34.3 Å². The second-order valence-electron chi connectivity index (χ2n) is 7.22. The fraction of sp³-hybridized carbons (Fsp3) is 0.450. The Kier molecular flexibility index (Phi) is 6.99. The minimum absolute atomic E-state index is 0.157. The molecule has 2 heterocycles. The molecule has 0 atom stereocenters. The third-order valence-electron chi connectivity index (χ3n) is 4.43. The fourth-order valence-corrected chi connectivity index (χ4v) is 3.94. The molecule has 160 valence electrons. The summed E-state index contributed by atoms with van der Waals surface area (Å²) in [4.78, 5) is 29.3. The van der Waals surface area contributed by atoms with Gasteiger partial charge in [0.05, 0.1) is 31.4 Å². The van der Waals surface area contributed by atoms with E-state index in [1.165, 1.54) is 36.5 Å². The molecule has 0 unspecified atom stereocenters. The van der Waals surface area contributed by atoms with E-state index in [0.717, 1.165) is 11.4 Å². The quantitative estimate of drug-likeness (QED) is 0.555. The molecule has 0 aliphatic carbocycles. The van der Waals surface area contributed by atoms with Crippen LogP contribution in [-0.2, 0) is 17.8 Å². The van der Waals surface area contributed by atoms with Crippen LogP contribution in [0.25, 0.3) is 10.9 Å². The molecular formula is C20H25N5O4S. The van der Waals surface area contributed by atoms with Crippen LogP contribution < -0.4 is 20.3 Å². The number of hydrogen-bond acceptors (Lipinski definition) is 8. The van der Waals surface area contributed by atoms with Gasteiger partial charge in [-0.1, -0.05) is 25.2 Å². The third kappa shape index (κ3) is 5.12. The van der Waals surface area contributed by atoms with E-state index < -0.39 is 0 Å². The van der Waals surface area contributed by atoms with Crippen molar-refractivity contribution in [3.63, 3.8) is 0 Å². The van der Waals surface area contributed by atoms with Crippen molar-refractivity contribution in [2.45, 2.75) is 39.7 Å². The summed E-state index contributed by atoms with van der Waals surface area (Å²) in [5.74, 6) is 1.31. The Hall–Kier alpha value is -3.01. The van der Waals surface area contributed by atoms with Crippen LogP contribution >= 0.6 is 11.3 Å². The number of aryl methyl sites for hydroxylation is 1. The number of carbonyl (C=O) groups is 1. The van der Waals surface area contributed by atoms with Gasteiger partial charge in [-0.25, -0.2) is 4.98 Å². The first-order valence-electron chi connectivity index (χ1n) is 9.64. The zero-order valence-electron chi connectivity index (χ0n) is 17.5. The number of rotatable bonds is 9. The number of benzene rings is 1. The first kappa shape index (κ1) is 21.7. The normalized spacial score (nSPS) is 11.1. The van der Waals surface area contributed by atoms with Gasteiger partial charge in [0.2, 0.25) is 11.0 Å². The molecule has 2 aromatic heterocycles. The molecule has 1 aromatic carbocycles. The molecule has 0 fully saturated rings. The van der Waals surface area contributed by atoms with Crippen LogP contribution in [0.1, 0.15) is 31.7 Å². The van der Waals surface area contributed by atoms with E-state index in [1.54, 1.807) is 12.1 Å². The van der Waals surface area contributed by atoms with Gasteiger partial charge in [0, 0.05) is 25.5 Å². The van der Waals surface area contributed by atoms with Gasteiger partial charge in [-0.3, -0.25) is 14.2 Å². The molecular weight excluding hydrogens is 406 g/mol. The van der Waals surface area contributed by atoms with Gasteiger partial charge in [0.25, 0.3) is 5.56 Å². The molecule has 3 rings (SSSR count). The zero-order chi connectivity index (χ0) is 21.7. The van der Waals surface area contributed by atoms with Gasteiger partial charge in [-0.15, -0.1) is 10.2 Å². The highest BCUT2D eigenvalue weighted by atomic mass is 32.1. The van der Waals surface area contributed by atoms with E-state index in [-0.39, 0.29) is 17.9 Å². The Morgan fingerprint density at radius 1 is 1.20 bits per heavy atom. The van der Waals surface area contributed by atoms with E-state index in [4.69, 9.17) is 9.47 Å².